The second kappa shape index (κ2) is 9.98. The first-order chi connectivity index (χ1) is 11.8. The van der Waals surface area contributed by atoms with Crippen LogP contribution in [0.2, 0.25) is 0 Å². The van der Waals surface area contributed by atoms with Gasteiger partial charge in [0.1, 0.15) is 5.60 Å². The van der Waals surface area contributed by atoms with E-state index in [1.165, 1.54) is 5.56 Å². The van der Waals surface area contributed by atoms with Gasteiger partial charge in [0.2, 0.25) is 0 Å². The summed E-state index contributed by atoms with van der Waals surface area (Å²) in [6.45, 7) is 8.49. The van der Waals surface area contributed by atoms with Gasteiger partial charge in [-0.3, -0.25) is 9.67 Å². The molecule has 0 aliphatic carbocycles. The first-order valence-electron chi connectivity index (χ1n) is 8.69. The summed E-state index contributed by atoms with van der Waals surface area (Å²) < 4.78 is 7.05. The van der Waals surface area contributed by atoms with Crippen LogP contribution in [0, 0.1) is 0 Å². The summed E-state index contributed by atoms with van der Waals surface area (Å²) in [5.74, 6) is 1.34. The summed E-state index contributed by atoms with van der Waals surface area (Å²) in [6.07, 6.45) is 4.70. The Hall–Kier alpha value is -1.52. The molecule has 1 saturated heterocycles. The van der Waals surface area contributed by atoms with Gasteiger partial charge in [-0.15, -0.1) is 24.0 Å². The molecule has 1 amide bonds. The smallest absolute Gasteiger partial charge is 0.407 e. The molecule has 0 radical (unpaired) electrons. The van der Waals surface area contributed by atoms with Gasteiger partial charge in [-0.1, -0.05) is 0 Å². The van der Waals surface area contributed by atoms with Crippen LogP contribution in [0.3, 0.4) is 0 Å². The van der Waals surface area contributed by atoms with Crippen molar-refractivity contribution in [1.29, 1.82) is 0 Å². The largest absolute Gasteiger partial charge is 0.444 e. The molecule has 1 unspecified atom stereocenters. The average molecular weight is 478 g/mol. The summed E-state index contributed by atoms with van der Waals surface area (Å²) in [5.41, 5.74) is 0.789. The topological polar surface area (TPSA) is 83.8 Å². The van der Waals surface area contributed by atoms with Crippen LogP contribution in [-0.4, -0.2) is 65.6 Å². The zero-order chi connectivity index (χ0) is 18.4. The highest BCUT2D eigenvalue weighted by Gasteiger charge is 2.26. The van der Waals surface area contributed by atoms with Gasteiger partial charge in [0, 0.05) is 52.4 Å². The standard InChI is InChI=1S/C17H30N6O2.HI/c1-17(2,3)25-16(24)20-8-7-19-15(18-4)23-9-6-13(12-23)14-10-21-22(5)11-14;/h10-11,13H,6-9,12H2,1-5H3,(H,18,19)(H,20,24);1H. The van der Waals surface area contributed by atoms with E-state index in [0.29, 0.717) is 19.0 Å². The molecule has 8 nitrogen and oxygen atoms in total. The number of hydrogen-bond acceptors (Lipinski definition) is 4. The van der Waals surface area contributed by atoms with Gasteiger partial charge in [0.25, 0.3) is 0 Å². The number of nitrogens with zero attached hydrogens (tertiary/aromatic N) is 4. The van der Waals surface area contributed by atoms with Crippen molar-refractivity contribution in [3.8, 4) is 0 Å². The number of rotatable bonds is 4. The third kappa shape index (κ3) is 7.00. The van der Waals surface area contributed by atoms with Crippen LogP contribution in [-0.2, 0) is 11.8 Å². The van der Waals surface area contributed by atoms with Crippen molar-refractivity contribution in [2.45, 2.75) is 38.7 Å². The number of amides is 1. The van der Waals surface area contributed by atoms with Gasteiger partial charge in [-0.2, -0.15) is 5.10 Å². The highest BCUT2D eigenvalue weighted by atomic mass is 127. The molecule has 0 bridgehead atoms. The van der Waals surface area contributed by atoms with E-state index in [-0.39, 0.29) is 24.0 Å². The zero-order valence-corrected chi connectivity index (χ0v) is 18.6. The SMILES string of the molecule is CN=C(NCCNC(=O)OC(C)(C)C)N1CCC(c2cnn(C)c2)C1.I. The number of alkyl carbamates (subject to hydrolysis) is 1. The second-order valence-corrected chi connectivity index (χ2v) is 7.28. The van der Waals surface area contributed by atoms with Gasteiger partial charge >= 0.3 is 6.09 Å². The fourth-order valence-electron chi connectivity index (χ4n) is 2.86. The molecular formula is C17H31IN6O2. The molecule has 2 rings (SSSR count). The van der Waals surface area contributed by atoms with Gasteiger partial charge in [-0.05, 0) is 32.8 Å². The maximum Gasteiger partial charge on any atom is 0.407 e. The van der Waals surface area contributed by atoms with E-state index in [1.807, 2.05) is 38.7 Å². The van der Waals surface area contributed by atoms with Crippen molar-refractivity contribution in [3.05, 3.63) is 18.0 Å². The highest BCUT2D eigenvalue weighted by Crippen LogP contribution is 2.26. The van der Waals surface area contributed by atoms with E-state index < -0.39 is 11.7 Å². The number of aromatic nitrogens is 2. The minimum atomic E-state index is -0.482. The Bertz CT molecular complexity index is 611. The second-order valence-electron chi connectivity index (χ2n) is 7.28. The Morgan fingerprint density at radius 3 is 2.65 bits per heavy atom. The van der Waals surface area contributed by atoms with Crippen LogP contribution in [0.1, 0.15) is 38.7 Å². The molecule has 0 spiro atoms. The minimum absolute atomic E-state index is 0. The summed E-state index contributed by atoms with van der Waals surface area (Å²) in [4.78, 5) is 18.2. The molecular weight excluding hydrogens is 447 g/mol. The van der Waals surface area contributed by atoms with Crippen molar-refractivity contribution in [2.75, 3.05) is 33.2 Å². The number of aryl methyl sites for hydroxylation is 1. The molecule has 0 saturated carbocycles. The molecule has 1 aliphatic rings. The summed E-state index contributed by atoms with van der Waals surface area (Å²) in [5, 5.41) is 10.3. The summed E-state index contributed by atoms with van der Waals surface area (Å²) >= 11 is 0. The van der Waals surface area contributed by atoms with Crippen LogP contribution in [0.15, 0.2) is 17.4 Å². The fourth-order valence-corrected chi connectivity index (χ4v) is 2.86. The first kappa shape index (κ1) is 22.5. The number of likely N-dealkylation sites (tertiary alicyclic amines) is 1. The molecule has 2 N–H and O–H groups in total. The number of guanidine groups is 1. The van der Waals surface area contributed by atoms with Crippen LogP contribution in [0.25, 0.3) is 0 Å². The minimum Gasteiger partial charge on any atom is -0.444 e. The number of carbonyl (C=O) groups is 1. The Balaban J connectivity index is 0.00000338. The molecule has 1 aromatic heterocycles. The zero-order valence-electron chi connectivity index (χ0n) is 16.3. The lowest BCUT2D eigenvalue weighted by Gasteiger charge is -2.22. The number of halogens is 1. The predicted molar refractivity (Wildman–Crippen MR) is 113 cm³/mol. The van der Waals surface area contributed by atoms with Gasteiger partial charge in [0.15, 0.2) is 5.96 Å². The number of nitrogens with one attached hydrogen (secondary N) is 2. The maximum atomic E-state index is 11.6. The third-order valence-electron chi connectivity index (χ3n) is 3.97. The van der Waals surface area contributed by atoms with E-state index in [4.69, 9.17) is 4.74 Å². The lowest BCUT2D eigenvalue weighted by Crippen LogP contribution is -2.43. The molecule has 2 heterocycles. The molecule has 148 valence electrons. The van der Waals surface area contributed by atoms with Crippen molar-refractivity contribution < 1.29 is 9.53 Å². The van der Waals surface area contributed by atoms with E-state index >= 15 is 0 Å². The molecule has 1 aromatic rings. The normalized spacial score (nSPS) is 17.7. The Morgan fingerprint density at radius 2 is 2.08 bits per heavy atom. The highest BCUT2D eigenvalue weighted by molar-refractivity contribution is 14.0. The van der Waals surface area contributed by atoms with Gasteiger partial charge < -0.3 is 20.3 Å². The maximum absolute atomic E-state index is 11.6. The van der Waals surface area contributed by atoms with Crippen molar-refractivity contribution in [3.63, 3.8) is 0 Å². The predicted octanol–water partition coefficient (Wildman–Crippen LogP) is 1.93. The van der Waals surface area contributed by atoms with Crippen molar-refractivity contribution in [1.82, 2.24) is 25.3 Å². The first-order valence-corrected chi connectivity index (χ1v) is 8.69. The number of ether oxygens (including phenoxy) is 1. The Kier molecular flexibility index (Phi) is 8.65. The Labute approximate surface area is 172 Å². The van der Waals surface area contributed by atoms with E-state index in [9.17, 15) is 4.79 Å². The summed E-state index contributed by atoms with van der Waals surface area (Å²) in [6, 6.07) is 0. The molecule has 9 heteroatoms. The number of hydrogen-bond donors (Lipinski definition) is 2. The van der Waals surface area contributed by atoms with E-state index in [2.05, 4.69) is 31.8 Å². The third-order valence-corrected chi connectivity index (χ3v) is 3.97. The van der Waals surface area contributed by atoms with Crippen LogP contribution in [0.4, 0.5) is 4.79 Å². The molecule has 0 aromatic carbocycles. The van der Waals surface area contributed by atoms with Crippen molar-refractivity contribution >= 4 is 36.0 Å². The van der Waals surface area contributed by atoms with Crippen LogP contribution >= 0.6 is 24.0 Å². The number of aliphatic imine (C=N–C) groups is 1. The van der Waals surface area contributed by atoms with E-state index in [1.54, 1.807) is 7.05 Å². The summed E-state index contributed by atoms with van der Waals surface area (Å²) in [7, 11) is 3.72. The molecule has 1 fully saturated rings. The lowest BCUT2D eigenvalue weighted by molar-refractivity contribution is 0.0529. The fraction of sp³-hybridized carbons (Fsp3) is 0.706. The molecule has 1 aliphatic heterocycles. The average Bonchev–Trinajstić information content (AvgIpc) is 3.14. The number of carbonyl (C=O) groups excluding carboxylic acids is 1. The quantitative estimate of drug-likeness (QED) is 0.299. The van der Waals surface area contributed by atoms with Crippen LogP contribution < -0.4 is 10.6 Å². The van der Waals surface area contributed by atoms with Crippen LogP contribution in [0.5, 0.6) is 0 Å². The van der Waals surface area contributed by atoms with Gasteiger partial charge in [-0.25, -0.2) is 4.79 Å². The Morgan fingerprint density at radius 1 is 1.38 bits per heavy atom. The van der Waals surface area contributed by atoms with Gasteiger partial charge in [0.05, 0.1) is 6.20 Å². The molecule has 1 atom stereocenters. The monoisotopic (exact) mass is 478 g/mol. The van der Waals surface area contributed by atoms with Crippen molar-refractivity contribution in [2.24, 2.45) is 12.0 Å². The molecule has 26 heavy (non-hydrogen) atoms. The van der Waals surface area contributed by atoms with E-state index in [0.717, 1.165) is 25.5 Å². The lowest BCUT2D eigenvalue weighted by atomic mass is 10.0.